The molecule has 3 aromatic rings. The highest BCUT2D eigenvalue weighted by Gasteiger charge is 2.25. The van der Waals surface area contributed by atoms with Gasteiger partial charge in [0.15, 0.2) is 17.2 Å². The Balaban J connectivity index is 1.52. The SMILES string of the molecule is COc1cc(/C=C2\N=C(c3ccc4ccccc4c3)OC2=O)cc2c1OCO2. The van der Waals surface area contributed by atoms with Crippen LogP contribution >= 0.6 is 0 Å². The van der Waals surface area contributed by atoms with Crippen molar-refractivity contribution < 1.29 is 23.7 Å². The van der Waals surface area contributed by atoms with Crippen molar-refractivity contribution >= 4 is 28.7 Å². The molecule has 0 saturated carbocycles. The number of carbonyl (C=O) groups is 1. The van der Waals surface area contributed by atoms with E-state index in [1.165, 1.54) is 0 Å². The molecule has 0 spiro atoms. The molecule has 2 aliphatic rings. The van der Waals surface area contributed by atoms with E-state index in [2.05, 4.69) is 4.99 Å². The van der Waals surface area contributed by atoms with Crippen LogP contribution in [0.2, 0.25) is 0 Å². The summed E-state index contributed by atoms with van der Waals surface area (Å²) in [6.07, 6.45) is 1.64. The van der Waals surface area contributed by atoms with Crippen molar-refractivity contribution in [2.45, 2.75) is 0 Å². The van der Waals surface area contributed by atoms with E-state index in [4.69, 9.17) is 18.9 Å². The Morgan fingerprint density at radius 2 is 1.89 bits per heavy atom. The quantitative estimate of drug-likeness (QED) is 0.514. The molecule has 0 aliphatic carbocycles. The van der Waals surface area contributed by atoms with Gasteiger partial charge in [0.05, 0.1) is 7.11 Å². The minimum absolute atomic E-state index is 0.137. The van der Waals surface area contributed by atoms with Gasteiger partial charge in [0.25, 0.3) is 0 Å². The van der Waals surface area contributed by atoms with Gasteiger partial charge in [0.1, 0.15) is 0 Å². The molecule has 3 aromatic carbocycles. The minimum atomic E-state index is -0.500. The molecule has 0 unspecified atom stereocenters. The molecule has 0 saturated heterocycles. The zero-order valence-electron chi connectivity index (χ0n) is 15.0. The second-order valence-electron chi connectivity index (χ2n) is 6.35. The molecule has 0 N–H and O–H groups in total. The molecule has 0 bridgehead atoms. The number of methoxy groups -OCH3 is 1. The predicted octanol–water partition coefficient (Wildman–Crippen LogP) is 3.92. The Kier molecular flexibility index (Phi) is 3.76. The van der Waals surface area contributed by atoms with Gasteiger partial charge in [0, 0.05) is 5.56 Å². The fourth-order valence-electron chi connectivity index (χ4n) is 3.25. The highest BCUT2D eigenvalue weighted by molar-refractivity contribution is 6.13. The van der Waals surface area contributed by atoms with Crippen LogP contribution in [0.15, 0.2) is 65.3 Å². The Morgan fingerprint density at radius 3 is 2.75 bits per heavy atom. The van der Waals surface area contributed by atoms with E-state index < -0.39 is 5.97 Å². The number of hydrogen-bond donors (Lipinski definition) is 0. The van der Waals surface area contributed by atoms with E-state index in [0.29, 0.717) is 22.8 Å². The summed E-state index contributed by atoms with van der Waals surface area (Å²) >= 11 is 0. The molecule has 138 valence electrons. The molecule has 6 heteroatoms. The third-order valence-electron chi connectivity index (χ3n) is 4.60. The molecule has 5 rings (SSSR count). The first-order valence-electron chi connectivity index (χ1n) is 8.70. The Hall–Kier alpha value is -3.80. The highest BCUT2D eigenvalue weighted by Crippen LogP contribution is 2.42. The minimum Gasteiger partial charge on any atom is -0.493 e. The maximum atomic E-state index is 12.3. The molecule has 6 nitrogen and oxygen atoms in total. The number of carbonyl (C=O) groups excluding carboxylic acids is 1. The highest BCUT2D eigenvalue weighted by atomic mass is 16.7. The summed E-state index contributed by atoms with van der Waals surface area (Å²) in [5, 5.41) is 2.16. The molecular weight excluding hydrogens is 358 g/mol. The topological polar surface area (TPSA) is 66.4 Å². The van der Waals surface area contributed by atoms with E-state index in [9.17, 15) is 4.79 Å². The average molecular weight is 373 g/mol. The monoisotopic (exact) mass is 373 g/mol. The van der Waals surface area contributed by atoms with E-state index in [1.807, 2.05) is 42.5 Å². The number of benzene rings is 3. The van der Waals surface area contributed by atoms with Crippen LogP contribution in [0.1, 0.15) is 11.1 Å². The van der Waals surface area contributed by atoms with Gasteiger partial charge in [-0.3, -0.25) is 0 Å². The molecule has 0 atom stereocenters. The summed E-state index contributed by atoms with van der Waals surface area (Å²) in [5.74, 6) is 1.44. The van der Waals surface area contributed by atoms with E-state index in [-0.39, 0.29) is 18.4 Å². The predicted molar refractivity (Wildman–Crippen MR) is 104 cm³/mol. The number of nitrogens with zero attached hydrogens (tertiary/aromatic N) is 1. The number of rotatable bonds is 3. The van der Waals surface area contributed by atoms with Gasteiger partial charge in [-0.1, -0.05) is 30.3 Å². The van der Waals surface area contributed by atoms with Gasteiger partial charge in [-0.25, -0.2) is 9.79 Å². The molecule has 2 aliphatic heterocycles. The normalized spacial score (nSPS) is 16.4. The first-order chi connectivity index (χ1) is 13.7. The molecular formula is C22H15NO5. The maximum Gasteiger partial charge on any atom is 0.363 e. The largest absolute Gasteiger partial charge is 0.493 e. The lowest BCUT2D eigenvalue weighted by Crippen LogP contribution is -2.05. The Morgan fingerprint density at radius 1 is 1.04 bits per heavy atom. The standard InChI is InChI=1S/C22H15NO5/c1-25-18-9-13(10-19-20(18)27-12-26-19)8-17-22(24)28-21(23-17)16-7-6-14-4-2-3-5-15(14)11-16/h2-11H,12H2,1H3/b17-8-. The molecule has 2 heterocycles. The number of ether oxygens (including phenoxy) is 4. The molecule has 0 fully saturated rings. The van der Waals surface area contributed by atoms with Crippen LogP contribution in [0.25, 0.3) is 16.8 Å². The van der Waals surface area contributed by atoms with Crippen molar-refractivity contribution in [3.8, 4) is 17.2 Å². The Labute approximate surface area is 160 Å². The fourth-order valence-corrected chi connectivity index (χ4v) is 3.25. The summed E-state index contributed by atoms with van der Waals surface area (Å²) in [4.78, 5) is 16.7. The first kappa shape index (κ1) is 16.4. The van der Waals surface area contributed by atoms with Crippen LogP contribution < -0.4 is 14.2 Å². The third-order valence-corrected chi connectivity index (χ3v) is 4.60. The zero-order valence-corrected chi connectivity index (χ0v) is 15.0. The smallest absolute Gasteiger partial charge is 0.363 e. The number of hydrogen-bond acceptors (Lipinski definition) is 6. The first-order valence-corrected chi connectivity index (χ1v) is 8.70. The number of cyclic esters (lactones) is 1. The number of esters is 1. The van der Waals surface area contributed by atoms with Crippen LogP contribution in [-0.4, -0.2) is 25.8 Å². The van der Waals surface area contributed by atoms with Crippen LogP contribution in [0.4, 0.5) is 0 Å². The van der Waals surface area contributed by atoms with Gasteiger partial charge < -0.3 is 18.9 Å². The summed E-state index contributed by atoms with van der Waals surface area (Å²) < 4.78 is 21.5. The van der Waals surface area contributed by atoms with Crippen LogP contribution in [-0.2, 0) is 9.53 Å². The summed E-state index contributed by atoms with van der Waals surface area (Å²) in [6.45, 7) is 0.137. The van der Waals surface area contributed by atoms with Gasteiger partial charge in [-0.2, -0.15) is 0 Å². The second kappa shape index (κ2) is 6.42. The molecule has 0 aromatic heterocycles. The lowest BCUT2D eigenvalue weighted by atomic mass is 10.1. The van der Waals surface area contributed by atoms with Crippen LogP contribution in [0, 0.1) is 0 Å². The van der Waals surface area contributed by atoms with Crippen molar-refractivity contribution in [2.75, 3.05) is 13.9 Å². The Bertz CT molecular complexity index is 1180. The van der Waals surface area contributed by atoms with E-state index in [1.54, 1.807) is 25.3 Å². The van der Waals surface area contributed by atoms with Crippen molar-refractivity contribution in [1.29, 1.82) is 0 Å². The van der Waals surface area contributed by atoms with Crippen molar-refractivity contribution in [1.82, 2.24) is 0 Å². The van der Waals surface area contributed by atoms with E-state index >= 15 is 0 Å². The van der Waals surface area contributed by atoms with Gasteiger partial charge in [0.2, 0.25) is 18.4 Å². The average Bonchev–Trinajstić information content (AvgIpc) is 3.34. The third kappa shape index (κ3) is 2.75. The summed E-state index contributed by atoms with van der Waals surface area (Å²) in [6, 6.07) is 17.3. The van der Waals surface area contributed by atoms with Gasteiger partial charge >= 0.3 is 5.97 Å². The lowest BCUT2D eigenvalue weighted by molar-refractivity contribution is -0.129. The molecule has 28 heavy (non-hydrogen) atoms. The van der Waals surface area contributed by atoms with Gasteiger partial charge in [-0.05, 0) is 46.7 Å². The van der Waals surface area contributed by atoms with Crippen molar-refractivity contribution in [2.24, 2.45) is 4.99 Å². The lowest BCUT2D eigenvalue weighted by Gasteiger charge is -2.05. The number of aliphatic imine (C=N–C) groups is 1. The van der Waals surface area contributed by atoms with Crippen LogP contribution in [0.3, 0.4) is 0 Å². The molecule has 0 amide bonds. The van der Waals surface area contributed by atoms with Crippen molar-refractivity contribution in [3.05, 3.63) is 71.4 Å². The van der Waals surface area contributed by atoms with Gasteiger partial charge in [-0.15, -0.1) is 0 Å². The maximum absolute atomic E-state index is 12.3. The van der Waals surface area contributed by atoms with E-state index in [0.717, 1.165) is 16.3 Å². The summed E-state index contributed by atoms with van der Waals surface area (Å²) in [5.41, 5.74) is 1.67. The van der Waals surface area contributed by atoms with Crippen molar-refractivity contribution in [3.63, 3.8) is 0 Å². The number of fused-ring (bicyclic) bond motifs is 2. The fraction of sp³-hybridized carbons (Fsp3) is 0.0909. The summed E-state index contributed by atoms with van der Waals surface area (Å²) in [7, 11) is 1.55. The zero-order chi connectivity index (χ0) is 19.1. The molecule has 0 radical (unpaired) electrons. The second-order valence-corrected chi connectivity index (χ2v) is 6.35. The van der Waals surface area contributed by atoms with Crippen LogP contribution in [0.5, 0.6) is 17.2 Å².